The Labute approximate surface area is 166 Å². The Balaban J connectivity index is 1.44. The van der Waals surface area contributed by atoms with E-state index in [4.69, 9.17) is 4.74 Å². The summed E-state index contributed by atoms with van der Waals surface area (Å²) >= 11 is 0. The molecule has 2 aliphatic heterocycles. The molecule has 2 aromatic rings. The van der Waals surface area contributed by atoms with Crippen molar-refractivity contribution < 1.29 is 9.53 Å². The van der Waals surface area contributed by atoms with E-state index >= 15 is 0 Å². The maximum Gasteiger partial charge on any atom is 0.253 e. The second kappa shape index (κ2) is 8.41. The molecule has 150 valence electrons. The lowest BCUT2D eigenvalue weighted by Gasteiger charge is -2.32. The van der Waals surface area contributed by atoms with Crippen molar-refractivity contribution in [1.29, 1.82) is 0 Å². The highest BCUT2D eigenvalue weighted by Gasteiger charge is 2.29. The number of carbonyl (C=O) groups is 1. The first-order valence-electron chi connectivity index (χ1n) is 10.2. The first kappa shape index (κ1) is 19.1. The highest BCUT2D eigenvalue weighted by Crippen LogP contribution is 2.27. The van der Waals surface area contributed by atoms with E-state index in [1.807, 2.05) is 43.1 Å². The van der Waals surface area contributed by atoms with Gasteiger partial charge in [0.2, 0.25) is 0 Å². The zero-order valence-electron chi connectivity index (χ0n) is 16.8. The van der Waals surface area contributed by atoms with E-state index in [9.17, 15) is 4.79 Å². The SMILES string of the molecule is Cc1ccc(C(=O)N2CCC[C@H](c3nnc(CN4CCOCC4)n3C)C2)cc1. The number of nitrogens with zero attached hydrogens (tertiary/aromatic N) is 5. The van der Waals surface area contributed by atoms with Gasteiger partial charge in [0.25, 0.3) is 5.91 Å². The third-order valence-corrected chi connectivity index (χ3v) is 5.84. The highest BCUT2D eigenvalue weighted by atomic mass is 16.5. The van der Waals surface area contributed by atoms with Gasteiger partial charge < -0.3 is 14.2 Å². The second-order valence-corrected chi connectivity index (χ2v) is 7.88. The number of rotatable bonds is 4. The molecule has 7 nitrogen and oxygen atoms in total. The van der Waals surface area contributed by atoms with Crippen molar-refractivity contribution in [1.82, 2.24) is 24.6 Å². The van der Waals surface area contributed by atoms with Gasteiger partial charge in [-0.25, -0.2) is 0 Å². The number of piperidine rings is 1. The molecule has 2 aliphatic rings. The van der Waals surface area contributed by atoms with E-state index in [1.165, 1.54) is 5.56 Å². The van der Waals surface area contributed by atoms with Crippen LogP contribution in [0.4, 0.5) is 0 Å². The molecule has 1 amide bonds. The van der Waals surface area contributed by atoms with Gasteiger partial charge in [0, 0.05) is 44.7 Å². The van der Waals surface area contributed by atoms with E-state index in [2.05, 4.69) is 19.7 Å². The molecule has 3 heterocycles. The van der Waals surface area contributed by atoms with Gasteiger partial charge in [0.1, 0.15) is 11.6 Å². The standard InChI is InChI=1S/C21H29N5O2/c1-16-5-7-17(8-6-16)21(27)26-9-3-4-18(14-26)20-23-22-19(24(20)2)15-25-10-12-28-13-11-25/h5-8,18H,3-4,9-15H2,1-2H3/t18-/m0/s1. The fraction of sp³-hybridized carbons (Fsp3) is 0.571. The van der Waals surface area contributed by atoms with Gasteiger partial charge in [0.15, 0.2) is 0 Å². The molecule has 0 N–H and O–H groups in total. The van der Waals surface area contributed by atoms with Crippen molar-refractivity contribution in [3.63, 3.8) is 0 Å². The lowest BCUT2D eigenvalue weighted by atomic mass is 9.96. The summed E-state index contributed by atoms with van der Waals surface area (Å²) in [6.45, 7) is 7.78. The van der Waals surface area contributed by atoms with Crippen molar-refractivity contribution >= 4 is 5.91 Å². The van der Waals surface area contributed by atoms with Gasteiger partial charge in [-0.3, -0.25) is 9.69 Å². The zero-order valence-corrected chi connectivity index (χ0v) is 16.8. The van der Waals surface area contributed by atoms with Crippen molar-refractivity contribution in [2.75, 3.05) is 39.4 Å². The van der Waals surface area contributed by atoms with Gasteiger partial charge >= 0.3 is 0 Å². The smallest absolute Gasteiger partial charge is 0.253 e. The molecule has 2 fully saturated rings. The van der Waals surface area contributed by atoms with E-state index < -0.39 is 0 Å². The fourth-order valence-electron chi connectivity index (χ4n) is 4.08. The van der Waals surface area contributed by atoms with Crippen LogP contribution in [0, 0.1) is 6.92 Å². The summed E-state index contributed by atoms with van der Waals surface area (Å²) in [6, 6.07) is 7.83. The summed E-state index contributed by atoms with van der Waals surface area (Å²) in [5, 5.41) is 8.95. The number of carbonyl (C=O) groups excluding carboxylic acids is 1. The normalized spacial score (nSPS) is 21.1. The number of morpholine rings is 1. The topological polar surface area (TPSA) is 63.5 Å². The van der Waals surface area contributed by atoms with Crippen molar-refractivity contribution in [2.45, 2.75) is 32.2 Å². The number of aryl methyl sites for hydroxylation is 1. The molecule has 28 heavy (non-hydrogen) atoms. The van der Waals surface area contributed by atoms with Crippen LogP contribution in [0.25, 0.3) is 0 Å². The third-order valence-electron chi connectivity index (χ3n) is 5.84. The molecule has 4 rings (SSSR count). The van der Waals surface area contributed by atoms with Crippen LogP contribution in [0.1, 0.15) is 46.3 Å². The lowest BCUT2D eigenvalue weighted by Crippen LogP contribution is -2.39. The van der Waals surface area contributed by atoms with Crippen molar-refractivity contribution in [3.8, 4) is 0 Å². The summed E-state index contributed by atoms with van der Waals surface area (Å²) in [5.41, 5.74) is 1.93. The Morgan fingerprint density at radius 3 is 2.64 bits per heavy atom. The number of amides is 1. The predicted octanol–water partition coefficient (Wildman–Crippen LogP) is 1.98. The van der Waals surface area contributed by atoms with Crippen LogP contribution in [0.5, 0.6) is 0 Å². The van der Waals surface area contributed by atoms with Crippen LogP contribution >= 0.6 is 0 Å². The molecule has 0 unspecified atom stereocenters. The first-order chi connectivity index (χ1) is 13.6. The molecule has 0 spiro atoms. The maximum atomic E-state index is 12.9. The van der Waals surface area contributed by atoms with E-state index in [1.54, 1.807) is 0 Å². The Bertz CT molecular complexity index is 811. The molecule has 0 bridgehead atoms. The van der Waals surface area contributed by atoms with Crippen molar-refractivity contribution in [3.05, 3.63) is 47.0 Å². The molecular weight excluding hydrogens is 354 g/mol. The number of likely N-dealkylation sites (tertiary alicyclic amines) is 1. The molecule has 1 aromatic carbocycles. The van der Waals surface area contributed by atoms with Crippen molar-refractivity contribution in [2.24, 2.45) is 7.05 Å². The molecular formula is C21H29N5O2. The Hall–Kier alpha value is -2.25. The van der Waals surface area contributed by atoms with Gasteiger partial charge in [-0.15, -0.1) is 10.2 Å². The molecule has 7 heteroatoms. The largest absolute Gasteiger partial charge is 0.379 e. The summed E-state index contributed by atoms with van der Waals surface area (Å²) < 4.78 is 7.55. The minimum Gasteiger partial charge on any atom is -0.379 e. The minimum absolute atomic E-state index is 0.111. The van der Waals surface area contributed by atoms with Crippen LogP contribution in [0.15, 0.2) is 24.3 Å². The zero-order chi connectivity index (χ0) is 19.5. The number of aromatic nitrogens is 3. The fourth-order valence-corrected chi connectivity index (χ4v) is 4.08. The summed E-state index contributed by atoms with van der Waals surface area (Å²) in [6.07, 6.45) is 2.04. The molecule has 2 saturated heterocycles. The Morgan fingerprint density at radius 2 is 1.89 bits per heavy atom. The quantitative estimate of drug-likeness (QED) is 0.808. The Morgan fingerprint density at radius 1 is 1.14 bits per heavy atom. The molecule has 0 radical (unpaired) electrons. The average Bonchev–Trinajstić information content (AvgIpc) is 3.09. The molecule has 0 aliphatic carbocycles. The van der Waals surface area contributed by atoms with E-state index in [-0.39, 0.29) is 11.8 Å². The van der Waals surface area contributed by atoms with Gasteiger partial charge in [0.05, 0.1) is 19.8 Å². The number of hydrogen-bond donors (Lipinski definition) is 0. The van der Waals surface area contributed by atoms with Gasteiger partial charge in [-0.2, -0.15) is 0 Å². The maximum absolute atomic E-state index is 12.9. The number of benzene rings is 1. The molecule has 0 saturated carbocycles. The summed E-state index contributed by atoms with van der Waals surface area (Å²) in [4.78, 5) is 17.2. The third kappa shape index (κ3) is 4.10. The van der Waals surface area contributed by atoms with Crippen LogP contribution in [0.2, 0.25) is 0 Å². The van der Waals surface area contributed by atoms with Gasteiger partial charge in [-0.1, -0.05) is 17.7 Å². The number of ether oxygens (including phenoxy) is 1. The van der Waals surface area contributed by atoms with Gasteiger partial charge in [-0.05, 0) is 31.9 Å². The molecule has 1 aromatic heterocycles. The van der Waals surface area contributed by atoms with E-state index in [0.29, 0.717) is 6.54 Å². The Kier molecular flexibility index (Phi) is 5.73. The van der Waals surface area contributed by atoms with E-state index in [0.717, 1.165) is 69.4 Å². The van der Waals surface area contributed by atoms with Crippen LogP contribution in [0.3, 0.4) is 0 Å². The lowest BCUT2D eigenvalue weighted by molar-refractivity contribution is 0.0326. The molecule has 1 atom stereocenters. The minimum atomic E-state index is 0.111. The predicted molar refractivity (Wildman–Crippen MR) is 106 cm³/mol. The summed E-state index contributed by atoms with van der Waals surface area (Å²) in [7, 11) is 2.05. The second-order valence-electron chi connectivity index (χ2n) is 7.88. The average molecular weight is 383 g/mol. The van der Waals surface area contributed by atoms with Crippen LogP contribution in [-0.4, -0.2) is 69.9 Å². The summed E-state index contributed by atoms with van der Waals surface area (Å²) in [5.74, 6) is 2.32. The van der Waals surface area contributed by atoms with Crippen LogP contribution < -0.4 is 0 Å². The van der Waals surface area contributed by atoms with Crippen LogP contribution in [-0.2, 0) is 18.3 Å². The number of hydrogen-bond acceptors (Lipinski definition) is 5. The monoisotopic (exact) mass is 383 g/mol. The first-order valence-corrected chi connectivity index (χ1v) is 10.2. The highest BCUT2D eigenvalue weighted by molar-refractivity contribution is 5.94.